The van der Waals surface area contributed by atoms with E-state index in [-0.39, 0.29) is 89.1 Å². The van der Waals surface area contributed by atoms with Crippen LogP contribution in [0.3, 0.4) is 0 Å². The SMILES string of the molecule is C.C.C.C.C.C.C.C.C.C.C.C.C=O.C=O.COC(Br)(CO)[N+](=O)[O-].C[N+](=O)[O-].C[N+](=O)[O-].O=[N+]([O-])C(Br)(Br)Br.O=[N+]([O-])C(Br)(Br)CO.O=[N+]([O-])C(Br)(Br)CO.[B]P. The number of carbonyl (C=O) groups excluding carboxylic acids is 2. The van der Waals surface area contributed by atoms with Crippen molar-refractivity contribution in [2.24, 2.45) is 0 Å². The van der Waals surface area contributed by atoms with Crippen molar-refractivity contribution >= 4 is 158 Å². The summed E-state index contributed by atoms with van der Waals surface area (Å²) < 4.78 is -1.96. The van der Waals surface area contributed by atoms with Crippen molar-refractivity contribution in [3.8, 4) is 0 Å². The van der Waals surface area contributed by atoms with Gasteiger partial charge in [-0.1, -0.05) is 89.1 Å². The molecule has 58 heavy (non-hydrogen) atoms. The van der Waals surface area contributed by atoms with Gasteiger partial charge in [0.1, 0.15) is 26.8 Å². The third-order valence-corrected chi connectivity index (χ3v) is 5.80. The van der Waals surface area contributed by atoms with Gasteiger partial charge in [0, 0.05) is 144 Å². The van der Waals surface area contributed by atoms with Gasteiger partial charge in [-0.2, -0.15) is 9.12 Å². The summed E-state index contributed by atoms with van der Waals surface area (Å²) in [6.07, 6.45) is 0. The molecule has 0 amide bonds. The molecule has 0 aliphatic carbocycles. The molecule has 0 saturated carbocycles. The number of methoxy groups -OCH3 is 1. The molecule has 3 N–H and O–H groups in total. The lowest BCUT2D eigenvalue weighted by Crippen LogP contribution is -2.37. The topological polar surface area (TPSA) is 363 Å². The van der Waals surface area contributed by atoms with Crippen LogP contribution in [0.15, 0.2) is 0 Å². The molecule has 24 nitrogen and oxygen atoms in total. The number of hydrogen-bond acceptors (Lipinski definition) is 18. The van der Waals surface area contributed by atoms with Crippen LogP contribution in [0.4, 0.5) is 0 Å². The van der Waals surface area contributed by atoms with Crippen LogP contribution in [0.25, 0.3) is 0 Å². The second-order valence-corrected chi connectivity index (χ2v) is 20.3. The Morgan fingerprint density at radius 3 is 0.621 bits per heavy atom. The minimum atomic E-state index is -1.83. The van der Waals surface area contributed by atoms with E-state index >= 15 is 0 Å². The van der Waals surface area contributed by atoms with Crippen LogP contribution in [-0.4, -0.2) is 121 Å². The lowest BCUT2D eigenvalue weighted by Gasteiger charge is -2.12. The van der Waals surface area contributed by atoms with Gasteiger partial charge in [-0.3, -0.25) is 60.7 Å². The Bertz CT molecular complexity index is 818. The second kappa shape index (κ2) is 84.4. The van der Waals surface area contributed by atoms with Crippen molar-refractivity contribution in [3.05, 3.63) is 60.7 Å². The van der Waals surface area contributed by atoms with Crippen molar-refractivity contribution in [2.45, 2.75) is 103 Å². The summed E-state index contributed by atoms with van der Waals surface area (Å²) in [7, 11) is 9.24. The predicted octanol–water partition coefficient (Wildman–Crippen LogP) is 10.4. The van der Waals surface area contributed by atoms with Crippen molar-refractivity contribution in [1.29, 1.82) is 0 Å². The van der Waals surface area contributed by atoms with Crippen molar-refractivity contribution < 1.29 is 59.2 Å². The van der Waals surface area contributed by atoms with Gasteiger partial charge in [-0.05, 0) is 0 Å². The largest absolute Gasteiger partial charge is 0.403 e. The first kappa shape index (κ1) is 138. The van der Waals surface area contributed by atoms with Crippen molar-refractivity contribution in [3.63, 3.8) is 0 Å². The zero-order valence-corrected chi connectivity index (χ0v) is 36.7. The number of aliphatic hydroxyl groups excluding tert-OH is 3. The van der Waals surface area contributed by atoms with Gasteiger partial charge >= 0.3 is 13.6 Å². The molecule has 0 fully saturated rings. The summed E-state index contributed by atoms with van der Waals surface area (Å²) in [6, 6.07) is 0. The minimum Gasteiger partial charge on any atom is -0.387 e. The highest BCUT2D eigenvalue weighted by Crippen LogP contribution is 2.33. The van der Waals surface area contributed by atoms with Crippen LogP contribution in [0.2, 0.25) is 0 Å². The average Bonchev–Trinajstić information content (AvgIpc) is 2.95. The number of aliphatic hydroxyl groups is 3. The first-order chi connectivity index (χ1) is 20.5. The lowest BCUT2D eigenvalue weighted by molar-refractivity contribution is -0.591. The van der Waals surface area contributed by atoms with E-state index in [2.05, 4.69) is 140 Å². The molecule has 0 heterocycles. The first-order valence-electron chi connectivity index (χ1n) is 9.02. The fourth-order valence-corrected chi connectivity index (χ4v) is 0.312. The third-order valence-electron chi connectivity index (χ3n) is 1.90. The molecule has 0 bridgehead atoms. The Morgan fingerprint density at radius 2 is 0.621 bits per heavy atom. The summed E-state index contributed by atoms with van der Waals surface area (Å²) in [5.41, 5.74) is 0. The lowest BCUT2D eigenvalue weighted by atomic mass is 10.6. The van der Waals surface area contributed by atoms with E-state index < -0.39 is 63.0 Å². The predicted molar refractivity (Wildman–Crippen MR) is 275 cm³/mol. The van der Waals surface area contributed by atoms with E-state index in [9.17, 15) is 40.5 Å². The maximum absolute atomic E-state index is 9.96. The Kier molecular flexibility index (Phi) is 200. The molecule has 0 aliphatic heterocycles. The Balaban J connectivity index is -0.0000000141. The number of rotatable bonds is 7. The molecule has 2 unspecified atom stereocenters. The van der Waals surface area contributed by atoms with E-state index in [0.29, 0.717) is 0 Å². The average molecular weight is 1410 g/mol. The van der Waals surface area contributed by atoms with E-state index in [1.54, 1.807) is 0 Å². The van der Waals surface area contributed by atoms with E-state index in [1.807, 2.05) is 22.7 Å². The number of alkyl halides is 8. The minimum absolute atomic E-state index is 0. The number of hydrogen-bond donors (Lipinski definition) is 3. The summed E-state index contributed by atoms with van der Waals surface area (Å²) in [5, 5.41) is 81.7. The van der Waals surface area contributed by atoms with Crippen LogP contribution < -0.4 is 0 Å². The molecule has 370 valence electrons. The van der Waals surface area contributed by atoms with Gasteiger partial charge in [-0.15, -0.1) is 0 Å². The summed E-state index contributed by atoms with van der Waals surface area (Å²) in [6.45, 7) is 2.14. The molecule has 0 aromatic rings. The summed E-state index contributed by atoms with van der Waals surface area (Å²) >= 11 is 21.1. The van der Waals surface area contributed by atoms with Gasteiger partial charge in [-0.25, -0.2) is 0 Å². The highest BCUT2D eigenvalue weighted by molar-refractivity contribution is 9.39. The summed E-state index contributed by atoms with van der Waals surface area (Å²) in [5.74, 6) is 0. The fraction of sp³-hybridized carbons (Fsp3) is 0.917. The molecule has 0 aromatic heterocycles. The van der Waals surface area contributed by atoms with Gasteiger partial charge in [0.25, 0.3) is 0 Å². The molecular weight excluding hydrogens is 1340 g/mol. The molecule has 0 aromatic carbocycles. The number of ether oxygens (including phenoxy) is 1. The van der Waals surface area contributed by atoms with Crippen LogP contribution in [0.5, 0.6) is 0 Å². The fourth-order valence-electron chi connectivity index (χ4n) is 0.312. The van der Waals surface area contributed by atoms with Gasteiger partial charge in [0.05, 0.1) is 27.3 Å². The standard InChI is InChI=1S/C3H6BrNO4.2C2H3Br2NO3.CBr3NO2.2CH3NO2.2CH2O.12CH4.BH2P/c1-9-3(4,2-6)5(7)8;2*3-2(4,1-6)5(7)8;2-1(3,4)5(6)7;2*1-2(3)4;2*1-2;;;;;;;;;;;;;1-2/h6H,2H2,1H3;2*6H,1H2;;2*1H3;2*1H2;12*1H4;2H2. The molecule has 0 saturated heterocycles. The highest BCUT2D eigenvalue weighted by Gasteiger charge is 2.39. The number of carbonyl (C=O) groups is 2. The van der Waals surface area contributed by atoms with Gasteiger partial charge in [0.2, 0.25) is 0 Å². The Morgan fingerprint density at radius 1 is 0.483 bits per heavy atom. The molecule has 0 spiro atoms. The van der Waals surface area contributed by atoms with Crippen molar-refractivity contribution in [1.82, 2.24) is 0 Å². The van der Waals surface area contributed by atoms with Crippen LogP contribution in [0, 0.1) is 60.7 Å². The van der Waals surface area contributed by atoms with E-state index in [1.165, 1.54) is 0 Å². The Labute approximate surface area is 417 Å². The van der Waals surface area contributed by atoms with Gasteiger partial charge in [0.15, 0.2) is 20.7 Å². The third kappa shape index (κ3) is 131. The molecule has 34 heteroatoms. The Hall–Kier alpha value is -0.0851. The molecule has 0 aliphatic rings. The highest BCUT2D eigenvalue weighted by atomic mass is 80.0. The number of nitro groups is 6. The first-order valence-corrected chi connectivity index (χ1v) is 16.0. The van der Waals surface area contributed by atoms with Crippen molar-refractivity contribution in [2.75, 3.05) is 41.0 Å². The summed E-state index contributed by atoms with van der Waals surface area (Å²) in [4.78, 5) is 69.2. The van der Waals surface area contributed by atoms with E-state index in [4.69, 9.17) is 45.1 Å². The van der Waals surface area contributed by atoms with Crippen LogP contribution >= 0.6 is 137 Å². The zero-order valence-electron chi connectivity index (χ0n) is 22.9. The normalized spacial score (nSPS) is 8.19. The monoisotopic (exact) mass is 1410 g/mol. The zero-order chi connectivity index (χ0) is 40.3. The van der Waals surface area contributed by atoms with E-state index in [0.717, 1.165) is 21.2 Å². The number of halogens is 8. The van der Waals surface area contributed by atoms with Crippen LogP contribution in [-0.2, 0) is 14.3 Å². The molecular formula is C24H72BBr8N6O18P. The number of nitrogens with zero attached hydrogens (tertiary/aromatic N) is 6. The second-order valence-electron chi connectivity index (χ2n) is 5.07. The maximum Gasteiger partial charge on any atom is 0.403 e. The maximum atomic E-state index is 9.96. The smallest absolute Gasteiger partial charge is 0.387 e. The quantitative estimate of drug-likeness (QED) is 0.0405. The molecule has 2 radical (unpaired) electrons. The van der Waals surface area contributed by atoms with Gasteiger partial charge < -0.3 is 29.6 Å². The molecule has 0 rings (SSSR count). The molecule has 2 atom stereocenters. The van der Waals surface area contributed by atoms with Crippen LogP contribution in [0.1, 0.15) is 89.1 Å².